The second-order valence-corrected chi connectivity index (χ2v) is 5.56. The van der Waals surface area contributed by atoms with Crippen LogP contribution >= 0.6 is 15.9 Å². The Kier molecular flexibility index (Phi) is 3.64. The van der Waals surface area contributed by atoms with E-state index in [1.54, 1.807) is 0 Å². The quantitative estimate of drug-likeness (QED) is 0.853. The Morgan fingerprint density at radius 1 is 1.47 bits per heavy atom. The van der Waals surface area contributed by atoms with Crippen LogP contribution in [0.4, 0.5) is 11.4 Å². The summed E-state index contributed by atoms with van der Waals surface area (Å²) in [7, 11) is 2.12. The smallest absolute Gasteiger partial charge is 0.0750 e. The van der Waals surface area contributed by atoms with Gasteiger partial charge < -0.3 is 15.4 Å². The van der Waals surface area contributed by atoms with Gasteiger partial charge in [-0.1, -0.05) is 0 Å². The zero-order valence-corrected chi connectivity index (χ0v) is 12.1. The number of rotatable bonds is 2. The van der Waals surface area contributed by atoms with Crippen molar-refractivity contribution in [2.75, 3.05) is 24.3 Å². The Labute approximate surface area is 111 Å². The minimum atomic E-state index is 0.282. The van der Waals surface area contributed by atoms with Crippen LogP contribution in [0, 0.1) is 6.92 Å². The normalized spacial score (nSPS) is 24.0. The first-order valence-electron chi connectivity index (χ1n) is 5.90. The van der Waals surface area contributed by atoms with Gasteiger partial charge in [-0.2, -0.15) is 0 Å². The molecule has 3 nitrogen and oxygen atoms in total. The van der Waals surface area contributed by atoms with Crippen molar-refractivity contribution in [3.63, 3.8) is 0 Å². The van der Waals surface area contributed by atoms with Gasteiger partial charge >= 0.3 is 0 Å². The maximum absolute atomic E-state index is 5.90. The lowest BCUT2D eigenvalue weighted by molar-refractivity contribution is 0.118. The molecule has 0 saturated carbocycles. The number of aryl methyl sites for hydroxylation is 1. The number of nitrogens with zero attached hydrogens (tertiary/aromatic N) is 1. The van der Waals surface area contributed by atoms with Crippen molar-refractivity contribution in [1.82, 2.24) is 0 Å². The summed E-state index contributed by atoms with van der Waals surface area (Å²) in [5, 5.41) is 0. The second kappa shape index (κ2) is 4.86. The van der Waals surface area contributed by atoms with Gasteiger partial charge in [-0.25, -0.2) is 0 Å². The van der Waals surface area contributed by atoms with Crippen molar-refractivity contribution >= 4 is 27.3 Å². The number of hydrogen-bond donors (Lipinski definition) is 1. The molecule has 1 fully saturated rings. The van der Waals surface area contributed by atoms with Crippen LogP contribution in [0.3, 0.4) is 0 Å². The average Bonchev–Trinajstić information content (AvgIpc) is 2.69. The predicted molar refractivity (Wildman–Crippen MR) is 75.5 cm³/mol. The Morgan fingerprint density at radius 2 is 2.18 bits per heavy atom. The Morgan fingerprint density at radius 3 is 2.76 bits per heavy atom. The molecule has 1 saturated heterocycles. The number of anilines is 2. The minimum absolute atomic E-state index is 0.282. The zero-order chi connectivity index (χ0) is 12.6. The molecular weight excluding hydrogens is 280 g/mol. The van der Waals surface area contributed by atoms with E-state index in [9.17, 15) is 0 Å². The van der Waals surface area contributed by atoms with Crippen molar-refractivity contribution in [2.24, 2.45) is 0 Å². The molecular formula is C13H19BrN2O. The summed E-state index contributed by atoms with van der Waals surface area (Å²) in [6.07, 6.45) is 1.36. The topological polar surface area (TPSA) is 38.5 Å². The number of ether oxygens (including phenoxy) is 1. The van der Waals surface area contributed by atoms with Crippen LogP contribution in [0.1, 0.15) is 18.9 Å². The van der Waals surface area contributed by atoms with Gasteiger partial charge in [0.15, 0.2) is 0 Å². The molecule has 2 N–H and O–H groups in total. The van der Waals surface area contributed by atoms with Crippen LogP contribution in [0.25, 0.3) is 0 Å². The van der Waals surface area contributed by atoms with Crippen molar-refractivity contribution in [3.05, 3.63) is 22.2 Å². The largest absolute Gasteiger partial charge is 0.398 e. The van der Waals surface area contributed by atoms with E-state index in [1.807, 2.05) is 13.0 Å². The first kappa shape index (κ1) is 12.7. The van der Waals surface area contributed by atoms with E-state index in [0.717, 1.165) is 28.8 Å². The molecule has 94 valence electrons. The highest BCUT2D eigenvalue weighted by Gasteiger charge is 2.28. The number of likely N-dealkylation sites (N-methyl/N-ethyl adjacent to an activating group) is 1. The molecule has 2 atom stereocenters. The van der Waals surface area contributed by atoms with E-state index in [-0.39, 0.29) is 6.10 Å². The van der Waals surface area contributed by atoms with E-state index in [2.05, 4.69) is 40.9 Å². The summed E-state index contributed by atoms with van der Waals surface area (Å²) in [6.45, 7) is 5.02. The van der Waals surface area contributed by atoms with Crippen LogP contribution in [-0.2, 0) is 4.74 Å². The summed E-state index contributed by atoms with van der Waals surface area (Å²) in [5.41, 5.74) is 9.01. The van der Waals surface area contributed by atoms with Gasteiger partial charge in [-0.15, -0.1) is 0 Å². The summed E-state index contributed by atoms with van der Waals surface area (Å²) >= 11 is 3.59. The number of halogens is 1. The van der Waals surface area contributed by atoms with E-state index < -0.39 is 0 Å². The lowest BCUT2D eigenvalue weighted by atomic mass is 10.1. The fourth-order valence-corrected chi connectivity index (χ4v) is 3.00. The number of hydrogen-bond acceptors (Lipinski definition) is 3. The molecule has 1 aromatic rings. The Bertz CT molecular complexity index is 422. The van der Waals surface area contributed by atoms with E-state index >= 15 is 0 Å². The Hall–Kier alpha value is -0.740. The van der Waals surface area contributed by atoms with Crippen LogP contribution in [0.5, 0.6) is 0 Å². The SMILES string of the molecule is Cc1cc(N(C)C2CCOC2C)c(Br)cc1N. The van der Waals surface area contributed by atoms with Crippen LogP contribution in [0.15, 0.2) is 16.6 Å². The van der Waals surface area contributed by atoms with Crippen molar-refractivity contribution in [2.45, 2.75) is 32.4 Å². The first-order valence-corrected chi connectivity index (χ1v) is 6.70. The number of benzene rings is 1. The molecule has 0 spiro atoms. The molecule has 0 aromatic heterocycles. The van der Waals surface area contributed by atoms with E-state index in [0.29, 0.717) is 6.04 Å². The van der Waals surface area contributed by atoms with E-state index in [4.69, 9.17) is 10.5 Å². The lowest BCUT2D eigenvalue weighted by Crippen LogP contribution is -2.37. The van der Waals surface area contributed by atoms with Crippen molar-refractivity contribution < 1.29 is 4.74 Å². The molecule has 17 heavy (non-hydrogen) atoms. The summed E-state index contributed by atoms with van der Waals surface area (Å²) in [5.74, 6) is 0. The second-order valence-electron chi connectivity index (χ2n) is 4.70. The molecule has 0 radical (unpaired) electrons. The van der Waals surface area contributed by atoms with Gasteiger partial charge in [0.1, 0.15) is 0 Å². The molecule has 0 bridgehead atoms. The van der Waals surface area contributed by atoms with E-state index in [1.165, 1.54) is 5.69 Å². The highest BCUT2D eigenvalue weighted by molar-refractivity contribution is 9.10. The van der Waals surface area contributed by atoms with Gasteiger partial charge in [0.2, 0.25) is 0 Å². The molecule has 1 aliphatic heterocycles. The fourth-order valence-electron chi connectivity index (χ4n) is 2.36. The minimum Gasteiger partial charge on any atom is -0.398 e. The molecule has 1 aliphatic rings. The summed E-state index contributed by atoms with van der Waals surface area (Å²) in [4.78, 5) is 2.29. The molecule has 0 aliphatic carbocycles. The van der Waals surface area contributed by atoms with Gasteiger partial charge in [0, 0.05) is 23.8 Å². The number of nitrogens with two attached hydrogens (primary N) is 1. The molecule has 2 unspecified atom stereocenters. The third kappa shape index (κ3) is 2.43. The fraction of sp³-hybridized carbons (Fsp3) is 0.538. The lowest BCUT2D eigenvalue weighted by Gasteiger charge is -2.30. The van der Waals surface area contributed by atoms with Crippen LogP contribution in [0.2, 0.25) is 0 Å². The number of nitrogen functional groups attached to an aromatic ring is 1. The third-order valence-electron chi connectivity index (χ3n) is 3.55. The maximum Gasteiger partial charge on any atom is 0.0750 e. The highest BCUT2D eigenvalue weighted by atomic mass is 79.9. The molecule has 4 heteroatoms. The molecule has 1 aromatic carbocycles. The van der Waals surface area contributed by atoms with Gasteiger partial charge in [-0.05, 0) is 53.9 Å². The van der Waals surface area contributed by atoms with Gasteiger partial charge in [0.05, 0.1) is 17.8 Å². The highest BCUT2D eigenvalue weighted by Crippen LogP contribution is 2.33. The monoisotopic (exact) mass is 298 g/mol. The predicted octanol–water partition coefficient (Wildman–Crippen LogP) is 2.95. The van der Waals surface area contributed by atoms with Crippen molar-refractivity contribution in [1.29, 1.82) is 0 Å². The third-order valence-corrected chi connectivity index (χ3v) is 4.18. The van der Waals surface area contributed by atoms with Crippen molar-refractivity contribution in [3.8, 4) is 0 Å². The maximum atomic E-state index is 5.90. The molecule has 1 heterocycles. The molecule has 2 rings (SSSR count). The van der Waals surface area contributed by atoms with Gasteiger partial charge in [-0.3, -0.25) is 0 Å². The molecule has 0 amide bonds. The first-order chi connectivity index (χ1) is 8.00. The Balaban J connectivity index is 2.30. The standard InChI is InChI=1S/C13H19BrN2O/c1-8-6-13(10(14)7-11(8)15)16(3)12-4-5-17-9(12)2/h6-7,9,12H,4-5,15H2,1-3H3. The van der Waals surface area contributed by atoms with Gasteiger partial charge in [0.25, 0.3) is 0 Å². The van der Waals surface area contributed by atoms with Crippen LogP contribution < -0.4 is 10.6 Å². The summed E-state index contributed by atoms with van der Waals surface area (Å²) < 4.78 is 6.66. The zero-order valence-electron chi connectivity index (χ0n) is 10.5. The summed E-state index contributed by atoms with van der Waals surface area (Å²) in [6, 6.07) is 4.54. The van der Waals surface area contributed by atoms with Crippen LogP contribution in [-0.4, -0.2) is 25.8 Å². The average molecular weight is 299 g/mol.